The van der Waals surface area contributed by atoms with Gasteiger partial charge in [-0.3, -0.25) is 0 Å². The topological polar surface area (TPSA) is 56.5 Å². The van der Waals surface area contributed by atoms with E-state index in [1.165, 1.54) is 6.07 Å². The third-order valence-corrected chi connectivity index (χ3v) is 5.16. The highest BCUT2D eigenvalue weighted by atomic mass is 35.5. The molecule has 0 saturated heterocycles. The summed E-state index contributed by atoms with van der Waals surface area (Å²) in [6.45, 7) is 1.85. The van der Waals surface area contributed by atoms with Crippen molar-refractivity contribution in [2.24, 2.45) is 0 Å². The third-order valence-electron chi connectivity index (χ3n) is 4.58. The van der Waals surface area contributed by atoms with Crippen LogP contribution in [0.5, 0.6) is 5.75 Å². The zero-order chi connectivity index (χ0) is 20.5. The van der Waals surface area contributed by atoms with E-state index in [0.29, 0.717) is 21.2 Å². The average molecular weight is 425 g/mol. The number of halogens is 2. The fourth-order valence-electron chi connectivity index (χ4n) is 3.14. The summed E-state index contributed by atoms with van der Waals surface area (Å²) in [5.41, 5.74) is 2.06. The molecule has 4 rings (SSSR count). The summed E-state index contributed by atoms with van der Waals surface area (Å²) in [5, 5.41) is 1.63. The molecule has 1 heterocycles. The Labute approximate surface area is 176 Å². The molecule has 0 saturated carbocycles. The van der Waals surface area contributed by atoms with Crippen LogP contribution in [0.15, 0.2) is 75.9 Å². The maximum absolute atomic E-state index is 12.6. The van der Waals surface area contributed by atoms with Crippen molar-refractivity contribution in [2.75, 3.05) is 0 Å². The van der Waals surface area contributed by atoms with Crippen molar-refractivity contribution in [1.29, 1.82) is 0 Å². The van der Waals surface area contributed by atoms with E-state index in [4.69, 9.17) is 32.4 Å². The van der Waals surface area contributed by atoms with Crippen LogP contribution in [0.25, 0.3) is 22.1 Å². The van der Waals surface area contributed by atoms with Gasteiger partial charge in [0, 0.05) is 16.5 Å². The molecule has 3 aromatic carbocycles. The quantitative estimate of drug-likeness (QED) is 0.220. The van der Waals surface area contributed by atoms with Gasteiger partial charge in [-0.1, -0.05) is 47.5 Å². The van der Waals surface area contributed by atoms with Crippen molar-refractivity contribution in [2.45, 2.75) is 6.92 Å². The van der Waals surface area contributed by atoms with E-state index in [0.717, 1.165) is 16.5 Å². The number of rotatable bonds is 3. The van der Waals surface area contributed by atoms with Gasteiger partial charge in [-0.2, -0.15) is 0 Å². The van der Waals surface area contributed by atoms with Crippen LogP contribution < -0.4 is 10.4 Å². The zero-order valence-electron chi connectivity index (χ0n) is 15.2. The van der Waals surface area contributed by atoms with Gasteiger partial charge in [-0.05, 0) is 54.4 Å². The van der Waals surface area contributed by atoms with Crippen LogP contribution in [0.3, 0.4) is 0 Å². The van der Waals surface area contributed by atoms with E-state index in [-0.39, 0.29) is 11.3 Å². The predicted molar refractivity (Wildman–Crippen MR) is 114 cm³/mol. The van der Waals surface area contributed by atoms with E-state index in [2.05, 4.69) is 0 Å². The van der Waals surface area contributed by atoms with E-state index in [1.807, 2.05) is 6.92 Å². The van der Waals surface area contributed by atoms with Crippen molar-refractivity contribution in [3.05, 3.63) is 98.3 Å². The number of carbonyl (C=O) groups excluding carboxylic acids is 1. The van der Waals surface area contributed by atoms with Gasteiger partial charge in [0.2, 0.25) is 0 Å². The summed E-state index contributed by atoms with van der Waals surface area (Å²) in [4.78, 5) is 25.0. The van der Waals surface area contributed by atoms with E-state index in [1.54, 1.807) is 60.7 Å². The summed E-state index contributed by atoms with van der Waals surface area (Å²) in [6, 6.07) is 18.5. The first-order valence-electron chi connectivity index (χ1n) is 8.74. The van der Waals surface area contributed by atoms with Gasteiger partial charge in [0.15, 0.2) is 0 Å². The van der Waals surface area contributed by atoms with Gasteiger partial charge in [-0.15, -0.1) is 0 Å². The second kappa shape index (κ2) is 7.74. The number of hydrogen-bond acceptors (Lipinski definition) is 4. The molecular formula is C23H14Cl2O4. The molecule has 0 aliphatic rings. The van der Waals surface area contributed by atoms with Gasteiger partial charge in [-0.25, -0.2) is 9.59 Å². The molecule has 0 N–H and O–H groups in total. The highest BCUT2D eigenvalue weighted by Crippen LogP contribution is 2.30. The minimum atomic E-state index is -0.591. The van der Waals surface area contributed by atoms with E-state index < -0.39 is 11.6 Å². The highest BCUT2D eigenvalue weighted by Gasteiger charge is 2.16. The minimum Gasteiger partial charge on any atom is -0.423 e. The lowest BCUT2D eigenvalue weighted by Gasteiger charge is -2.10. The molecule has 0 bridgehead atoms. The lowest BCUT2D eigenvalue weighted by molar-refractivity contribution is 0.0735. The first kappa shape index (κ1) is 19.2. The molecule has 0 amide bonds. The first-order valence-corrected chi connectivity index (χ1v) is 9.50. The zero-order valence-corrected chi connectivity index (χ0v) is 16.8. The number of carbonyl (C=O) groups is 1. The minimum absolute atomic E-state index is 0.254. The molecule has 0 aliphatic carbocycles. The fourth-order valence-corrected chi connectivity index (χ4v) is 3.48. The predicted octanol–water partition coefficient (Wildman–Crippen LogP) is 6.29. The SMILES string of the molecule is Cc1c(-c2ccc(Cl)cc2)c(=O)oc2cc(OC(=O)c3ccccc3Cl)ccc12. The standard InChI is InChI=1S/C23H14Cl2O4/c1-13-17-11-10-16(28-22(26)18-4-2-3-5-19(18)25)12-20(17)29-23(27)21(13)14-6-8-15(24)9-7-14/h2-12H,1H3. The smallest absolute Gasteiger partial charge is 0.345 e. The van der Waals surface area contributed by atoms with Gasteiger partial charge in [0.25, 0.3) is 0 Å². The van der Waals surface area contributed by atoms with Crippen LogP contribution in [-0.4, -0.2) is 5.97 Å². The maximum Gasteiger partial charge on any atom is 0.345 e. The number of benzene rings is 3. The van der Waals surface area contributed by atoms with Crippen molar-refractivity contribution in [3.8, 4) is 16.9 Å². The van der Waals surface area contributed by atoms with Crippen molar-refractivity contribution < 1.29 is 13.9 Å². The summed E-state index contributed by atoms with van der Waals surface area (Å²) in [6.07, 6.45) is 0. The second-order valence-electron chi connectivity index (χ2n) is 6.42. The summed E-state index contributed by atoms with van der Waals surface area (Å²) >= 11 is 12.0. The molecule has 6 heteroatoms. The molecule has 0 spiro atoms. The number of ether oxygens (including phenoxy) is 1. The Kier molecular flexibility index (Phi) is 5.14. The molecule has 0 aliphatic heterocycles. The highest BCUT2D eigenvalue weighted by molar-refractivity contribution is 6.33. The molecule has 29 heavy (non-hydrogen) atoms. The Balaban J connectivity index is 1.73. The molecule has 0 unspecified atom stereocenters. The molecular weight excluding hydrogens is 411 g/mol. The van der Waals surface area contributed by atoms with Gasteiger partial charge >= 0.3 is 11.6 Å². The van der Waals surface area contributed by atoms with Gasteiger partial charge in [0.05, 0.1) is 16.1 Å². The molecule has 0 fully saturated rings. The first-order chi connectivity index (χ1) is 13.9. The van der Waals surface area contributed by atoms with Crippen molar-refractivity contribution in [3.63, 3.8) is 0 Å². The Hall–Kier alpha value is -3.08. The van der Waals surface area contributed by atoms with Crippen molar-refractivity contribution in [1.82, 2.24) is 0 Å². The lowest BCUT2D eigenvalue weighted by Crippen LogP contribution is -2.09. The van der Waals surface area contributed by atoms with E-state index >= 15 is 0 Å². The lowest BCUT2D eigenvalue weighted by atomic mass is 10.00. The van der Waals surface area contributed by atoms with Crippen molar-refractivity contribution >= 4 is 40.1 Å². The molecule has 0 radical (unpaired) electrons. The molecule has 4 nitrogen and oxygen atoms in total. The normalized spacial score (nSPS) is 10.9. The Bertz CT molecular complexity index is 1290. The Morgan fingerprint density at radius 2 is 1.69 bits per heavy atom. The van der Waals surface area contributed by atoms with Gasteiger partial charge in [0.1, 0.15) is 11.3 Å². The number of esters is 1. The van der Waals surface area contributed by atoms with Crippen LogP contribution in [-0.2, 0) is 0 Å². The Morgan fingerprint density at radius 1 is 0.966 bits per heavy atom. The maximum atomic E-state index is 12.6. The van der Waals surface area contributed by atoms with E-state index in [9.17, 15) is 9.59 Å². The summed E-state index contributed by atoms with van der Waals surface area (Å²) in [5.74, 6) is -0.337. The van der Waals surface area contributed by atoms with Crippen LogP contribution >= 0.6 is 23.2 Å². The average Bonchev–Trinajstić information content (AvgIpc) is 2.69. The third kappa shape index (κ3) is 3.77. The van der Waals surface area contributed by atoms with Crippen LogP contribution in [0.4, 0.5) is 0 Å². The largest absolute Gasteiger partial charge is 0.423 e. The molecule has 144 valence electrons. The summed E-state index contributed by atoms with van der Waals surface area (Å²) < 4.78 is 10.9. The number of hydrogen-bond donors (Lipinski definition) is 0. The fraction of sp³-hybridized carbons (Fsp3) is 0.0435. The van der Waals surface area contributed by atoms with Gasteiger partial charge < -0.3 is 9.15 Å². The van der Waals surface area contributed by atoms with Crippen LogP contribution in [0, 0.1) is 6.92 Å². The van der Waals surface area contributed by atoms with Crippen LogP contribution in [0.2, 0.25) is 10.0 Å². The second-order valence-corrected chi connectivity index (χ2v) is 7.27. The number of aryl methyl sites for hydroxylation is 1. The van der Waals surface area contributed by atoms with Crippen LogP contribution in [0.1, 0.15) is 15.9 Å². The number of fused-ring (bicyclic) bond motifs is 1. The molecule has 1 aromatic heterocycles. The monoisotopic (exact) mass is 424 g/mol. The Morgan fingerprint density at radius 3 is 2.41 bits per heavy atom. The summed E-state index contributed by atoms with van der Waals surface area (Å²) in [7, 11) is 0. The molecule has 4 aromatic rings. The molecule has 0 atom stereocenters.